The average Bonchev–Trinajstić information content (AvgIpc) is 2.71. The fraction of sp³-hybridized carbons (Fsp3) is 0.286. The van der Waals surface area contributed by atoms with Gasteiger partial charge in [-0.2, -0.15) is 0 Å². The van der Waals surface area contributed by atoms with Gasteiger partial charge < -0.3 is 10.4 Å². The molecule has 0 radical (unpaired) electrons. The molecule has 1 fully saturated rings. The quantitative estimate of drug-likeness (QED) is 0.693. The van der Waals surface area contributed by atoms with Crippen LogP contribution in [0.2, 0.25) is 5.02 Å². The molecule has 0 aliphatic heterocycles. The number of rotatable bonds is 4. The summed E-state index contributed by atoms with van der Waals surface area (Å²) in [6.07, 6.45) is 6.84. The van der Waals surface area contributed by atoms with Crippen LogP contribution in [0.4, 0.5) is 5.82 Å². The lowest BCUT2D eigenvalue weighted by atomic mass is 9.93. The number of aliphatic hydroxyl groups is 1. The van der Waals surface area contributed by atoms with Crippen LogP contribution in [0.5, 0.6) is 0 Å². The van der Waals surface area contributed by atoms with E-state index in [1.165, 1.54) is 0 Å². The molecular weight excluding hydrogens is 360 g/mol. The Bertz CT molecular complexity index is 894. The highest BCUT2D eigenvalue weighted by Crippen LogP contribution is 2.27. The van der Waals surface area contributed by atoms with Gasteiger partial charge in [-0.25, -0.2) is 9.97 Å². The normalized spacial score (nSPS) is 19.6. The molecule has 0 atom stereocenters. The molecule has 1 aliphatic rings. The molecule has 1 aliphatic carbocycles. The minimum Gasteiger partial charge on any atom is -0.393 e. The zero-order valence-electron chi connectivity index (χ0n) is 14.8. The minimum absolute atomic E-state index is 0.177. The van der Waals surface area contributed by atoms with Crippen LogP contribution in [0.15, 0.2) is 54.9 Å². The first-order valence-electron chi connectivity index (χ1n) is 9.17. The van der Waals surface area contributed by atoms with E-state index in [-0.39, 0.29) is 6.10 Å². The molecule has 4 rings (SSSR count). The number of hydrogen-bond acceptors (Lipinski definition) is 5. The number of benzene rings is 1. The third-order valence-corrected chi connectivity index (χ3v) is 5.09. The Morgan fingerprint density at radius 3 is 2.44 bits per heavy atom. The standard InChI is InChI=1S/C21H21ClN4O/c22-16-5-3-14(4-6-16)19-12-20(24-17-7-9-18(27)10-8-17)26-21(25-19)15-2-1-11-23-13-15/h1-6,11-13,17-18,27H,7-10H2,(H,24,25,26)/t17-,18+. The van der Waals surface area contributed by atoms with E-state index >= 15 is 0 Å². The van der Waals surface area contributed by atoms with E-state index in [1.807, 2.05) is 42.5 Å². The highest BCUT2D eigenvalue weighted by Gasteiger charge is 2.20. The van der Waals surface area contributed by atoms with Crippen molar-refractivity contribution in [3.8, 4) is 22.6 Å². The summed E-state index contributed by atoms with van der Waals surface area (Å²) < 4.78 is 0. The summed E-state index contributed by atoms with van der Waals surface area (Å²) in [5, 5.41) is 13.9. The zero-order valence-corrected chi connectivity index (χ0v) is 15.6. The van der Waals surface area contributed by atoms with E-state index in [0.717, 1.165) is 48.3 Å². The second-order valence-corrected chi connectivity index (χ2v) is 7.30. The molecular formula is C21H21ClN4O. The smallest absolute Gasteiger partial charge is 0.163 e. The molecule has 2 aromatic heterocycles. The molecule has 0 amide bonds. The number of anilines is 1. The summed E-state index contributed by atoms with van der Waals surface area (Å²) in [4.78, 5) is 13.6. The van der Waals surface area contributed by atoms with Gasteiger partial charge in [-0.15, -0.1) is 0 Å². The van der Waals surface area contributed by atoms with Crippen LogP contribution in [0.3, 0.4) is 0 Å². The average molecular weight is 381 g/mol. The van der Waals surface area contributed by atoms with Gasteiger partial charge in [0.2, 0.25) is 0 Å². The highest BCUT2D eigenvalue weighted by atomic mass is 35.5. The fourth-order valence-corrected chi connectivity index (χ4v) is 3.47. The largest absolute Gasteiger partial charge is 0.393 e. The van der Waals surface area contributed by atoms with Crippen molar-refractivity contribution in [2.24, 2.45) is 0 Å². The second-order valence-electron chi connectivity index (χ2n) is 6.86. The van der Waals surface area contributed by atoms with Crippen molar-refractivity contribution in [1.82, 2.24) is 15.0 Å². The Labute approximate surface area is 163 Å². The molecule has 1 aromatic carbocycles. The van der Waals surface area contributed by atoms with E-state index in [0.29, 0.717) is 16.9 Å². The maximum absolute atomic E-state index is 9.73. The molecule has 27 heavy (non-hydrogen) atoms. The summed E-state index contributed by atoms with van der Waals surface area (Å²) in [5.41, 5.74) is 2.68. The lowest BCUT2D eigenvalue weighted by Crippen LogP contribution is -2.28. The Morgan fingerprint density at radius 1 is 0.963 bits per heavy atom. The van der Waals surface area contributed by atoms with Crippen LogP contribution in [0.1, 0.15) is 25.7 Å². The summed E-state index contributed by atoms with van der Waals surface area (Å²) >= 11 is 6.02. The van der Waals surface area contributed by atoms with Gasteiger partial charge in [-0.1, -0.05) is 23.7 Å². The van der Waals surface area contributed by atoms with E-state index in [1.54, 1.807) is 12.4 Å². The minimum atomic E-state index is -0.177. The van der Waals surface area contributed by atoms with Gasteiger partial charge in [0.1, 0.15) is 5.82 Å². The monoisotopic (exact) mass is 380 g/mol. The van der Waals surface area contributed by atoms with Crippen molar-refractivity contribution >= 4 is 17.4 Å². The SMILES string of the molecule is O[C@H]1CC[C@@H](Nc2cc(-c3ccc(Cl)cc3)nc(-c3cccnc3)n2)CC1. The summed E-state index contributed by atoms with van der Waals surface area (Å²) in [6, 6.07) is 13.7. The van der Waals surface area contributed by atoms with Crippen LogP contribution in [0, 0.1) is 0 Å². The maximum Gasteiger partial charge on any atom is 0.163 e. The first-order valence-corrected chi connectivity index (χ1v) is 9.55. The molecule has 0 bridgehead atoms. The van der Waals surface area contributed by atoms with E-state index < -0.39 is 0 Å². The van der Waals surface area contributed by atoms with Crippen molar-refractivity contribution in [3.63, 3.8) is 0 Å². The number of hydrogen-bond donors (Lipinski definition) is 2. The molecule has 138 valence electrons. The molecule has 1 saturated carbocycles. The Kier molecular flexibility index (Phi) is 5.32. The number of aliphatic hydroxyl groups excluding tert-OH is 1. The van der Waals surface area contributed by atoms with Crippen molar-refractivity contribution in [2.75, 3.05) is 5.32 Å². The lowest BCUT2D eigenvalue weighted by molar-refractivity contribution is 0.126. The van der Waals surface area contributed by atoms with Crippen molar-refractivity contribution in [3.05, 3.63) is 59.9 Å². The third-order valence-electron chi connectivity index (χ3n) is 4.83. The molecule has 0 spiro atoms. The Hall–Kier alpha value is -2.50. The van der Waals surface area contributed by atoms with Crippen LogP contribution in [0.25, 0.3) is 22.6 Å². The predicted octanol–water partition coefficient (Wildman–Crippen LogP) is 4.57. The Balaban J connectivity index is 1.69. The van der Waals surface area contributed by atoms with Gasteiger partial charge in [-0.3, -0.25) is 4.98 Å². The molecule has 6 heteroatoms. The molecule has 0 unspecified atom stereocenters. The van der Waals surface area contributed by atoms with E-state index in [9.17, 15) is 5.11 Å². The molecule has 3 aromatic rings. The summed E-state index contributed by atoms with van der Waals surface area (Å²) in [5.74, 6) is 1.42. The first-order chi connectivity index (χ1) is 13.2. The summed E-state index contributed by atoms with van der Waals surface area (Å²) in [7, 11) is 0. The number of nitrogens with one attached hydrogen (secondary N) is 1. The van der Waals surface area contributed by atoms with Gasteiger partial charge >= 0.3 is 0 Å². The lowest BCUT2D eigenvalue weighted by Gasteiger charge is -2.26. The summed E-state index contributed by atoms with van der Waals surface area (Å²) in [6.45, 7) is 0. The van der Waals surface area contributed by atoms with Crippen LogP contribution >= 0.6 is 11.6 Å². The maximum atomic E-state index is 9.73. The number of nitrogens with zero attached hydrogens (tertiary/aromatic N) is 3. The molecule has 0 saturated heterocycles. The van der Waals surface area contributed by atoms with Crippen LogP contribution < -0.4 is 5.32 Å². The molecule has 2 heterocycles. The number of aromatic nitrogens is 3. The number of pyridine rings is 1. The predicted molar refractivity (Wildman–Crippen MR) is 108 cm³/mol. The van der Waals surface area contributed by atoms with Crippen LogP contribution in [-0.4, -0.2) is 32.2 Å². The third kappa shape index (κ3) is 4.43. The van der Waals surface area contributed by atoms with Crippen molar-refractivity contribution < 1.29 is 5.11 Å². The van der Waals surface area contributed by atoms with E-state index in [2.05, 4.69) is 10.3 Å². The Morgan fingerprint density at radius 2 is 1.74 bits per heavy atom. The van der Waals surface area contributed by atoms with Gasteiger partial charge in [0, 0.05) is 40.7 Å². The van der Waals surface area contributed by atoms with E-state index in [4.69, 9.17) is 21.6 Å². The van der Waals surface area contributed by atoms with Gasteiger partial charge in [0.15, 0.2) is 5.82 Å². The topological polar surface area (TPSA) is 70.9 Å². The van der Waals surface area contributed by atoms with Crippen LogP contribution in [-0.2, 0) is 0 Å². The molecule has 2 N–H and O–H groups in total. The van der Waals surface area contributed by atoms with Crippen molar-refractivity contribution in [2.45, 2.75) is 37.8 Å². The second kappa shape index (κ2) is 8.03. The van der Waals surface area contributed by atoms with Gasteiger partial charge in [0.05, 0.1) is 11.8 Å². The highest BCUT2D eigenvalue weighted by molar-refractivity contribution is 6.30. The number of halogens is 1. The molecule has 5 nitrogen and oxygen atoms in total. The first kappa shape index (κ1) is 17.9. The van der Waals surface area contributed by atoms with Gasteiger partial charge in [-0.05, 0) is 49.9 Å². The zero-order chi connectivity index (χ0) is 18.6. The van der Waals surface area contributed by atoms with Gasteiger partial charge in [0.25, 0.3) is 0 Å². The fourth-order valence-electron chi connectivity index (χ4n) is 3.34. The van der Waals surface area contributed by atoms with Crippen molar-refractivity contribution in [1.29, 1.82) is 0 Å².